The van der Waals surface area contributed by atoms with E-state index in [1.807, 2.05) is 41.4 Å². The van der Waals surface area contributed by atoms with E-state index in [0.717, 1.165) is 29.0 Å². The molecule has 0 bridgehead atoms. The molecule has 0 unspecified atom stereocenters. The molecule has 26 heavy (non-hydrogen) atoms. The van der Waals surface area contributed by atoms with Crippen LogP contribution in [-0.2, 0) is 13.1 Å². The molecule has 1 aromatic carbocycles. The van der Waals surface area contributed by atoms with Crippen molar-refractivity contribution in [3.05, 3.63) is 83.6 Å². The summed E-state index contributed by atoms with van der Waals surface area (Å²) < 4.78 is 4.23. The minimum Gasteiger partial charge on any atom is -0.318 e. The maximum atomic E-state index is 6.54. The van der Waals surface area contributed by atoms with Crippen LogP contribution in [0.3, 0.4) is 0 Å². The van der Waals surface area contributed by atoms with Gasteiger partial charge in [0.1, 0.15) is 5.39 Å². The maximum absolute atomic E-state index is 6.54. The van der Waals surface area contributed by atoms with Gasteiger partial charge in [0.05, 0.1) is 13.1 Å². The number of hydrogen-bond acceptors (Lipinski definition) is 3. The van der Waals surface area contributed by atoms with Crippen molar-refractivity contribution in [2.24, 2.45) is 0 Å². The Morgan fingerprint density at radius 2 is 1.81 bits per heavy atom. The van der Waals surface area contributed by atoms with Gasteiger partial charge in [-0.3, -0.25) is 4.98 Å². The monoisotopic (exact) mass is 344 g/mol. The van der Waals surface area contributed by atoms with Gasteiger partial charge in [0.2, 0.25) is 17.8 Å². The molecule has 0 atom stereocenters. The maximum Gasteiger partial charge on any atom is 0.232 e. The van der Waals surface area contributed by atoms with E-state index in [1.165, 1.54) is 16.8 Å². The van der Waals surface area contributed by atoms with Crippen LogP contribution in [0.5, 0.6) is 0 Å². The number of hydrogen-bond donors (Lipinski definition) is 1. The van der Waals surface area contributed by atoms with Crippen LogP contribution in [0, 0.1) is 13.8 Å². The second-order valence-corrected chi connectivity index (χ2v) is 6.60. The molecule has 0 aliphatic carbocycles. The molecule has 0 aliphatic heterocycles. The van der Waals surface area contributed by atoms with Crippen molar-refractivity contribution in [2.75, 3.05) is 5.73 Å². The minimum atomic E-state index is 0.710. The minimum absolute atomic E-state index is 0.710. The molecule has 0 radical (unpaired) electrons. The van der Waals surface area contributed by atoms with E-state index >= 15 is 0 Å². The number of benzene rings is 1. The van der Waals surface area contributed by atoms with Gasteiger partial charge < -0.3 is 10.3 Å². The average Bonchev–Trinajstić information content (AvgIpc) is 2.91. The van der Waals surface area contributed by atoms with Gasteiger partial charge in [0.25, 0.3) is 0 Å². The predicted octanol–water partition coefficient (Wildman–Crippen LogP) is 3.01. The summed E-state index contributed by atoms with van der Waals surface area (Å²) in [5.74, 6) is 0.754. The van der Waals surface area contributed by atoms with Crippen LogP contribution in [0.1, 0.15) is 22.4 Å². The third kappa shape index (κ3) is 2.81. The number of nitrogens with two attached hydrogens (primary N) is 1. The van der Waals surface area contributed by atoms with E-state index in [0.29, 0.717) is 6.54 Å². The number of rotatable bonds is 4. The lowest BCUT2D eigenvalue weighted by molar-refractivity contribution is -0.675. The first-order chi connectivity index (χ1) is 12.6. The normalized spacial score (nSPS) is 11.2. The van der Waals surface area contributed by atoms with Crippen molar-refractivity contribution in [3.63, 3.8) is 0 Å². The number of fused-ring (bicyclic) bond motifs is 1. The number of aryl methyl sites for hydroxylation is 1. The van der Waals surface area contributed by atoms with E-state index in [2.05, 4.69) is 41.6 Å². The van der Waals surface area contributed by atoms with E-state index in [1.54, 1.807) is 6.20 Å². The summed E-state index contributed by atoms with van der Waals surface area (Å²) in [7, 11) is 0. The van der Waals surface area contributed by atoms with Crippen LogP contribution in [0.4, 0.5) is 5.82 Å². The van der Waals surface area contributed by atoms with Gasteiger partial charge in [-0.15, -0.1) is 0 Å². The van der Waals surface area contributed by atoms with E-state index < -0.39 is 0 Å². The van der Waals surface area contributed by atoms with Gasteiger partial charge in [0, 0.05) is 18.1 Å². The fourth-order valence-corrected chi connectivity index (χ4v) is 3.39. The Kier molecular flexibility index (Phi) is 4.13. The van der Waals surface area contributed by atoms with Crippen LogP contribution in [0.2, 0.25) is 0 Å². The summed E-state index contributed by atoms with van der Waals surface area (Å²) in [4.78, 5) is 8.95. The Hall–Kier alpha value is -3.21. The summed E-state index contributed by atoms with van der Waals surface area (Å²) in [6, 6.07) is 14.3. The molecule has 2 N–H and O–H groups in total. The smallest absolute Gasteiger partial charge is 0.232 e. The molecular weight excluding hydrogens is 322 g/mol. The highest BCUT2D eigenvalue weighted by molar-refractivity contribution is 5.89. The zero-order valence-electron chi connectivity index (χ0n) is 15.1. The van der Waals surface area contributed by atoms with Gasteiger partial charge in [-0.05, 0) is 36.6 Å². The van der Waals surface area contributed by atoms with Crippen molar-refractivity contribution in [1.82, 2.24) is 14.5 Å². The summed E-state index contributed by atoms with van der Waals surface area (Å²) in [5, 5.41) is 1.03. The largest absolute Gasteiger partial charge is 0.318 e. The SMILES string of the molecule is Cc1c(C)n(Cc2cccnc2)c2nc[n+](Cc3ccccc3)c(N)c12. The predicted molar refractivity (Wildman–Crippen MR) is 103 cm³/mol. The van der Waals surface area contributed by atoms with Crippen LogP contribution < -0.4 is 10.3 Å². The van der Waals surface area contributed by atoms with Crippen LogP contribution >= 0.6 is 0 Å². The Morgan fingerprint density at radius 1 is 1.04 bits per heavy atom. The molecule has 5 nitrogen and oxygen atoms in total. The lowest BCUT2D eigenvalue weighted by atomic mass is 10.2. The second kappa shape index (κ2) is 6.59. The molecule has 4 rings (SSSR count). The first-order valence-electron chi connectivity index (χ1n) is 8.71. The molecule has 0 saturated heterocycles. The first-order valence-corrected chi connectivity index (χ1v) is 8.71. The Labute approximate surface area is 152 Å². The number of anilines is 1. The number of aromatic nitrogens is 4. The molecule has 5 heteroatoms. The van der Waals surface area contributed by atoms with Crippen LogP contribution in [-0.4, -0.2) is 14.5 Å². The van der Waals surface area contributed by atoms with Crippen molar-refractivity contribution >= 4 is 16.9 Å². The van der Waals surface area contributed by atoms with E-state index in [4.69, 9.17) is 10.7 Å². The fourth-order valence-electron chi connectivity index (χ4n) is 3.39. The Bertz CT molecular complexity index is 1050. The molecule has 0 spiro atoms. The molecule has 130 valence electrons. The topological polar surface area (TPSA) is 60.6 Å². The molecule has 3 heterocycles. The summed E-state index contributed by atoms with van der Waals surface area (Å²) in [6.45, 7) is 5.68. The molecule has 3 aromatic heterocycles. The van der Waals surface area contributed by atoms with Crippen molar-refractivity contribution in [1.29, 1.82) is 0 Å². The standard InChI is InChI=1S/C21H21N5/c1-15-16(2)26(13-18-9-6-10-23-11-18)21-19(15)20(22)25(14-24-21)12-17-7-4-3-5-8-17/h3-11,14,22H,12-13H2,1-2H3/p+1. The summed E-state index contributed by atoms with van der Waals surface area (Å²) in [5.41, 5.74) is 12.2. The highest BCUT2D eigenvalue weighted by Gasteiger charge is 2.21. The van der Waals surface area contributed by atoms with Crippen LogP contribution in [0.25, 0.3) is 11.0 Å². The second-order valence-electron chi connectivity index (χ2n) is 6.60. The summed E-state index contributed by atoms with van der Waals surface area (Å²) >= 11 is 0. The molecule has 0 amide bonds. The van der Waals surface area contributed by atoms with Crippen molar-refractivity contribution in [3.8, 4) is 0 Å². The van der Waals surface area contributed by atoms with Crippen LogP contribution in [0.15, 0.2) is 61.2 Å². The van der Waals surface area contributed by atoms with E-state index in [9.17, 15) is 0 Å². The third-order valence-electron chi connectivity index (χ3n) is 4.95. The van der Waals surface area contributed by atoms with Gasteiger partial charge in [-0.1, -0.05) is 41.4 Å². The lowest BCUT2D eigenvalue weighted by Crippen LogP contribution is -2.38. The number of nitrogens with zero attached hydrogens (tertiary/aromatic N) is 4. The molecular formula is C21H22N5+. The van der Waals surface area contributed by atoms with Gasteiger partial charge in [-0.2, -0.15) is 0 Å². The van der Waals surface area contributed by atoms with Crippen molar-refractivity contribution < 1.29 is 4.57 Å². The zero-order valence-corrected chi connectivity index (χ0v) is 15.1. The Morgan fingerprint density at radius 3 is 2.54 bits per heavy atom. The van der Waals surface area contributed by atoms with Gasteiger partial charge in [-0.25, -0.2) is 4.57 Å². The molecule has 4 aromatic rings. The fraction of sp³-hybridized carbons (Fsp3) is 0.190. The van der Waals surface area contributed by atoms with Gasteiger partial charge >= 0.3 is 0 Å². The van der Waals surface area contributed by atoms with Crippen molar-refractivity contribution in [2.45, 2.75) is 26.9 Å². The lowest BCUT2D eigenvalue weighted by Gasteiger charge is -2.07. The molecule has 0 fully saturated rings. The quantitative estimate of drug-likeness (QED) is 0.579. The first kappa shape index (κ1) is 16.3. The number of pyridine rings is 1. The highest BCUT2D eigenvalue weighted by Crippen LogP contribution is 2.27. The van der Waals surface area contributed by atoms with E-state index in [-0.39, 0.29) is 0 Å². The number of nitrogen functional groups attached to an aromatic ring is 1. The molecule has 0 aliphatic rings. The summed E-state index contributed by atoms with van der Waals surface area (Å²) in [6.07, 6.45) is 5.52. The highest BCUT2D eigenvalue weighted by atomic mass is 15.1. The Balaban J connectivity index is 1.79. The zero-order chi connectivity index (χ0) is 18.1. The van der Waals surface area contributed by atoms with Gasteiger partial charge in [0.15, 0.2) is 0 Å². The third-order valence-corrected chi connectivity index (χ3v) is 4.95. The molecule has 0 saturated carbocycles. The average molecular weight is 344 g/mol.